The Morgan fingerprint density at radius 3 is 2.50 bits per heavy atom. The third-order valence-electron chi connectivity index (χ3n) is 7.94. The summed E-state index contributed by atoms with van der Waals surface area (Å²) in [4.78, 5) is 23.0. The van der Waals surface area contributed by atoms with Gasteiger partial charge in [0.15, 0.2) is 5.82 Å². The van der Waals surface area contributed by atoms with Gasteiger partial charge in [-0.15, -0.1) is 0 Å². The van der Waals surface area contributed by atoms with E-state index < -0.39 is 0 Å². The van der Waals surface area contributed by atoms with E-state index in [2.05, 4.69) is 53.9 Å². The van der Waals surface area contributed by atoms with Crippen LogP contribution in [0.1, 0.15) is 18.1 Å². The van der Waals surface area contributed by atoms with Crippen molar-refractivity contribution < 1.29 is 4.74 Å². The lowest BCUT2D eigenvalue weighted by Gasteiger charge is -2.42. The Balaban J connectivity index is 1.12. The zero-order valence-electron chi connectivity index (χ0n) is 22.8. The highest BCUT2D eigenvalue weighted by molar-refractivity contribution is 5.95. The van der Waals surface area contributed by atoms with Gasteiger partial charge in [-0.3, -0.25) is 9.88 Å². The number of aromatic nitrogens is 3. The molecular formula is C29H34N10O. The molecule has 1 aromatic carbocycles. The minimum absolute atomic E-state index is 0.0608. The summed E-state index contributed by atoms with van der Waals surface area (Å²) in [6.45, 7) is 11.4. The zero-order valence-corrected chi connectivity index (χ0v) is 22.8. The van der Waals surface area contributed by atoms with Gasteiger partial charge in [-0.05, 0) is 31.2 Å². The van der Waals surface area contributed by atoms with Crippen molar-refractivity contribution in [2.24, 2.45) is 0 Å². The number of nitriles is 2. The van der Waals surface area contributed by atoms with Crippen LogP contribution in [0.4, 0.5) is 17.5 Å². The van der Waals surface area contributed by atoms with Gasteiger partial charge in [-0.2, -0.15) is 15.5 Å². The second-order valence-corrected chi connectivity index (χ2v) is 10.7. The highest BCUT2D eigenvalue weighted by Crippen LogP contribution is 2.30. The average molecular weight is 539 g/mol. The van der Waals surface area contributed by atoms with Crippen molar-refractivity contribution >= 4 is 28.4 Å². The van der Waals surface area contributed by atoms with Gasteiger partial charge in [0.2, 0.25) is 5.95 Å². The van der Waals surface area contributed by atoms with E-state index >= 15 is 0 Å². The number of nitrogens with zero attached hydrogens (tertiary/aromatic N) is 9. The quantitative estimate of drug-likeness (QED) is 0.510. The smallest absolute Gasteiger partial charge is 0.227 e. The number of piperazine rings is 2. The first kappa shape index (κ1) is 26.2. The van der Waals surface area contributed by atoms with Crippen LogP contribution in [-0.4, -0.2) is 104 Å². The van der Waals surface area contributed by atoms with Crippen molar-refractivity contribution in [2.75, 3.05) is 86.7 Å². The van der Waals surface area contributed by atoms with Crippen LogP contribution in [0.3, 0.4) is 0 Å². The Morgan fingerprint density at radius 2 is 1.73 bits per heavy atom. The summed E-state index contributed by atoms with van der Waals surface area (Å²) in [5, 5.41) is 23.6. The first-order valence-corrected chi connectivity index (χ1v) is 14.0. The fourth-order valence-corrected chi connectivity index (χ4v) is 6.00. The molecule has 1 N–H and O–H groups in total. The van der Waals surface area contributed by atoms with Crippen LogP contribution >= 0.6 is 0 Å². The fraction of sp³-hybridized carbons (Fsp3) is 0.483. The van der Waals surface area contributed by atoms with Crippen molar-refractivity contribution in [2.45, 2.75) is 19.1 Å². The molecule has 6 rings (SSSR count). The highest BCUT2D eigenvalue weighted by atomic mass is 16.5. The Hall–Kier alpha value is -4.03. The van der Waals surface area contributed by atoms with Crippen molar-refractivity contribution in [3.63, 3.8) is 0 Å². The summed E-state index contributed by atoms with van der Waals surface area (Å²) >= 11 is 0. The number of pyridine rings is 1. The lowest BCUT2D eigenvalue weighted by atomic mass is 10.1. The lowest BCUT2D eigenvalue weighted by Crippen LogP contribution is -2.54. The Labute approximate surface area is 234 Å². The van der Waals surface area contributed by atoms with Gasteiger partial charge in [0.05, 0.1) is 29.5 Å². The summed E-state index contributed by atoms with van der Waals surface area (Å²) < 4.78 is 6.39. The van der Waals surface area contributed by atoms with Crippen LogP contribution in [0.5, 0.6) is 0 Å². The zero-order chi connectivity index (χ0) is 27.5. The molecule has 206 valence electrons. The minimum Gasteiger partial charge on any atom is -0.370 e. The second kappa shape index (κ2) is 11.6. The van der Waals surface area contributed by atoms with E-state index in [0.717, 1.165) is 94.4 Å². The van der Waals surface area contributed by atoms with Crippen LogP contribution in [0.2, 0.25) is 0 Å². The maximum Gasteiger partial charge on any atom is 0.227 e. The molecule has 0 unspecified atom stereocenters. The summed E-state index contributed by atoms with van der Waals surface area (Å²) in [6.07, 6.45) is 3.56. The fourth-order valence-electron chi connectivity index (χ4n) is 6.00. The molecular weight excluding hydrogens is 504 g/mol. The summed E-state index contributed by atoms with van der Waals surface area (Å²) in [5.74, 6) is 1.44. The van der Waals surface area contributed by atoms with Crippen LogP contribution < -0.4 is 20.0 Å². The molecule has 3 fully saturated rings. The van der Waals surface area contributed by atoms with Crippen molar-refractivity contribution in [3.8, 4) is 12.1 Å². The molecule has 0 bridgehead atoms. The molecule has 3 aliphatic rings. The molecule has 2 atom stereocenters. The summed E-state index contributed by atoms with van der Waals surface area (Å²) in [7, 11) is 0. The van der Waals surface area contributed by atoms with Gasteiger partial charge >= 0.3 is 0 Å². The van der Waals surface area contributed by atoms with E-state index in [9.17, 15) is 10.5 Å². The number of fused-ring (bicyclic) bond motifs is 1. The van der Waals surface area contributed by atoms with E-state index in [1.54, 1.807) is 12.4 Å². The molecule has 3 aromatic rings. The molecule has 11 nitrogen and oxygen atoms in total. The van der Waals surface area contributed by atoms with Crippen molar-refractivity contribution in [1.82, 2.24) is 25.2 Å². The first-order chi connectivity index (χ1) is 19.6. The number of hydrogen-bond donors (Lipinski definition) is 1. The van der Waals surface area contributed by atoms with Gasteiger partial charge < -0.3 is 24.8 Å². The maximum atomic E-state index is 9.73. The number of hydrogen-bond acceptors (Lipinski definition) is 11. The van der Waals surface area contributed by atoms with E-state index in [1.165, 1.54) is 0 Å². The number of nitrogens with one attached hydrogen (secondary N) is 1. The number of benzene rings is 1. The highest BCUT2D eigenvalue weighted by Gasteiger charge is 2.30. The SMILES string of the molecule is C[C@@H]1CN(c2ccc(C#N)c3ncccc23)C[C@H](CN2CCN(c3nc(N4CCNCC4)ncc3C#N)CC2)O1. The first-order valence-electron chi connectivity index (χ1n) is 14.0. The molecule has 40 heavy (non-hydrogen) atoms. The number of ether oxygens (including phenoxy) is 1. The molecule has 3 aliphatic heterocycles. The normalized spacial score (nSPS) is 22.2. The van der Waals surface area contributed by atoms with E-state index in [-0.39, 0.29) is 12.2 Å². The molecule has 0 spiro atoms. The molecule has 0 amide bonds. The molecule has 0 aliphatic carbocycles. The van der Waals surface area contributed by atoms with Gasteiger partial charge in [-0.1, -0.05) is 0 Å². The minimum atomic E-state index is 0.0608. The van der Waals surface area contributed by atoms with Crippen LogP contribution in [0.15, 0.2) is 36.7 Å². The lowest BCUT2D eigenvalue weighted by molar-refractivity contribution is -0.0327. The van der Waals surface area contributed by atoms with Crippen LogP contribution in [0.25, 0.3) is 10.9 Å². The Bertz CT molecular complexity index is 1430. The molecule has 11 heteroatoms. The molecule has 3 saturated heterocycles. The number of morpholine rings is 1. The number of rotatable bonds is 5. The molecule has 5 heterocycles. The predicted octanol–water partition coefficient (Wildman–Crippen LogP) is 1.59. The van der Waals surface area contributed by atoms with Crippen LogP contribution in [0, 0.1) is 22.7 Å². The van der Waals surface area contributed by atoms with Gasteiger partial charge in [0, 0.05) is 89.3 Å². The average Bonchev–Trinajstić information content (AvgIpc) is 3.00. The topological polar surface area (TPSA) is 120 Å². The van der Waals surface area contributed by atoms with Crippen molar-refractivity contribution in [1.29, 1.82) is 10.5 Å². The van der Waals surface area contributed by atoms with Gasteiger partial charge in [-0.25, -0.2) is 4.98 Å². The molecule has 0 radical (unpaired) electrons. The third kappa shape index (κ3) is 5.36. The summed E-state index contributed by atoms with van der Waals surface area (Å²) in [5.41, 5.74) is 2.96. The van der Waals surface area contributed by atoms with Gasteiger partial charge in [0.1, 0.15) is 17.7 Å². The molecule has 0 saturated carbocycles. The Kier molecular flexibility index (Phi) is 7.60. The Morgan fingerprint density at radius 1 is 0.925 bits per heavy atom. The second-order valence-electron chi connectivity index (χ2n) is 10.7. The third-order valence-corrected chi connectivity index (χ3v) is 7.94. The summed E-state index contributed by atoms with van der Waals surface area (Å²) in [6, 6.07) is 12.4. The molecule has 2 aromatic heterocycles. The number of anilines is 3. The standard InChI is InChI=1S/C29H34N10O/c1-21-18-39(26-5-4-22(15-30)27-25(26)3-2-6-33-27)20-24(40-21)19-36-11-13-37(14-12-36)28-23(16-31)17-34-29(35-28)38-9-7-32-8-10-38/h2-6,17,21,24,32H,7-14,18-20H2,1H3/t21-,24+/m1/s1. The van der Waals surface area contributed by atoms with Gasteiger partial charge in [0.25, 0.3) is 0 Å². The maximum absolute atomic E-state index is 9.73. The predicted molar refractivity (Wildman–Crippen MR) is 153 cm³/mol. The monoisotopic (exact) mass is 538 g/mol. The van der Waals surface area contributed by atoms with Crippen LogP contribution in [-0.2, 0) is 4.74 Å². The van der Waals surface area contributed by atoms with E-state index in [1.807, 2.05) is 24.3 Å². The van der Waals surface area contributed by atoms with E-state index in [4.69, 9.17) is 9.72 Å². The van der Waals surface area contributed by atoms with Crippen molar-refractivity contribution in [3.05, 3.63) is 47.8 Å². The van der Waals surface area contributed by atoms with E-state index in [0.29, 0.717) is 17.1 Å². The largest absolute Gasteiger partial charge is 0.370 e.